The van der Waals surface area contributed by atoms with Crippen LogP contribution in [0.2, 0.25) is 5.02 Å². The van der Waals surface area contributed by atoms with Gasteiger partial charge in [-0.15, -0.1) is 0 Å². The number of halogens is 2. The standard InChI is InChI=1S/C24H20BrClN4O3S/c1-33-21-11-15(10-17(25)23(21)32)12-27-29-22(31)14-34-24-28-19-8-4-5-9-20(19)30(24)13-16-6-2-3-7-18(16)26/h2-12,32H,13-14H2,1H3,(H,29,31). The Hall–Kier alpha value is -3.01. The van der Waals surface area contributed by atoms with Crippen LogP contribution in [0, 0.1) is 0 Å². The molecular weight excluding hydrogens is 540 g/mol. The van der Waals surface area contributed by atoms with E-state index in [2.05, 4.69) is 31.0 Å². The second kappa shape index (κ2) is 10.9. The maximum Gasteiger partial charge on any atom is 0.250 e. The maximum absolute atomic E-state index is 12.4. The summed E-state index contributed by atoms with van der Waals surface area (Å²) in [5, 5.41) is 15.3. The number of phenols is 1. The Morgan fingerprint density at radius 3 is 2.82 bits per heavy atom. The lowest BCUT2D eigenvalue weighted by atomic mass is 10.2. The number of amides is 1. The minimum atomic E-state index is -0.276. The van der Waals surface area contributed by atoms with Crippen molar-refractivity contribution in [1.82, 2.24) is 15.0 Å². The van der Waals surface area contributed by atoms with Crippen molar-refractivity contribution in [1.29, 1.82) is 0 Å². The molecular formula is C24H20BrClN4O3S. The molecule has 1 aromatic heterocycles. The number of rotatable bonds is 8. The topological polar surface area (TPSA) is 88.7 Å². The van der Waals surface area contributed by atoms with Crippen LogP contribution in [0.3, 0.4) is 0 Å². The van der Waals surface area contributed by atoms with Gasteiger partial charge in [0.1, 0.15) is 0 Å². The summed E-state index contributed by atoms with van der Waals surface area (Å²) in [5.41, 5.74) is 5.96. The van der Waals surface area contributed by atoms with Gasteiger partial charge in [0.25, 0.3) is 5.91 Å². The highest BCUT2D eigenvalue weighted by molar-refractivity contribution is 9.10. The molecule has 3 aromatic carbocycles. The number of para-hydroxylation sites is 2. The molecule has 4 rings (SSSR count). The van der Waals surface area contributed by atoms with Crippen LogP contribution in [0.15, 0.2) is 75.4 Å². The molecule has 0 bridgehead atoms. The quantitative estimate of drug-likeness (QED) is 0.170. The lowest BCUT2D eigenvalue weighted by Gasteiger charge is -2.10. The van der Waals surface area contributed by atoms with Crippen molar-refractivity contribution in [2.75, 3.05) is 12.9 Å². The summed E-state index contributed by atoms with van der Waals surface area (Å²) in [7, 11) is 1.46. The Labute approximate surface area is 213 Å². The third kappa shape index (κ3) is 5.55. The van der Waals surface area contributed by atoms with Gasteiger partial charge < -0.3 is 14.4 Å². The number of imidazole rings is 1. The van der Waals surface area contributed by atoms with Crippen LogP contribution < -0.4 is 10.2 Å². The minimum absolute atomic E-state index is 0.000218. The number of carbonyl (C=O) groups is 1. The normalized spacial score (nSPS) is 11.3. The summed E-state index contributed by atoms with van der Waals surface area (Å²) < 4.78 is 7.64. The lowest BCUT2D eigenvalue weighted by molar-refractivity contribution is -0.118. The highest BCUT2D eigenvalue weighted by Gasteiger charge is 2.14. The van der Waals surface area contributed by atoms with Gasteiger partial charge in [-0.25, -0.2) is 10.4 Å². The molecule has 0 atom stereocenters. The molecule has 34 heavy (non-hydrogen) atoms. The maximum atomic E-state index is 12.4. The largest absolute Gasteiger partial charge is 0.503 e. The van der Waals surface area contributed by atoms with Crippen molar-refractivity contribution in [2.24, 2.45) is 5.10 Å². The number of aromatic nitrogens is 2. The average molecular weight is 560 g/mol. The number of ether oxygens (including phenoxy) is 1. The summed E-state index contributed by atoms with van der Waals surface area (Å²) in [5.74, 6) is 0.156. The van der Waals surface area contributed by atoms with Crippen LogP contribution in [0.25, 0.3) is 11.0 Å². The summed E-state index contributed by atoms with van der Waals surface area (Å²) in [6, 6.07) is 18.8. The van der Waals surface area contributed by atoms with Crippen molar-refractivity contribution < 1.29 is 14.6 Å². The Balaban J connectivity index is 1.45. The highest BCUT2D eigenvalue weighted by atomic mass is 79.9. The number of methoxy groups -OCH3 is 1. The van der Waals surface area contributed by atoms with E-state index in [0.717, 1.165) is 16.6 Å². The van der Waals surface area contributed by atoms with Gasteiger partial charge in [-0.1, -0.05) is 53.7 Å². The first-order valence-corrected chi connectivity index (χ1v) is 12.3. The monoisotopic (exact) mass is 558 g/mol. The molecule has 7 nitrogen and oxygen atoms in total. The van der Waals surface area contributed by atoms with E-state index >= 15 is 0 Å². The fourth-order valence-electron chi connectivity index (χ4n) is 3.28. The number of benzene rings is 3. The zero-order valence-corrected chi connectivity index (χ0v) is 21.2. The molecule has 0 aliphatic heterocycles. The van der Waals surface area contributed by atoms with E-state index in [0.29, 0.717) is 32.5 Å². The van der Waals surface area contributed by atoms with E-state index < -0.39 is 0 Å². The zero-order chi connectivity index (χ0) is 24.1. The summed E-state index contributed by atoms with van der Waals surface area (Å²) >= 11 is 11.0. The number of hydrazone groups is 1. The van der Waals surface area contributed by atoms with Gasteiger partial charge in [0, 0.05) is 5.02 Å². The van der Waals surface area contributed by atoms with Gasteiger partial charge in [-0.2, -0.15) is 5.10 Å². The Bertz CT molecular complexity index is 1380. The number of nitrogens with one attached hydrogen (secondary N) is 1. The van der Waals surface area contributed by atoms with E-state index in [-0.39, 0.29) is 17.4 Å². The molecule has 2 N–H and O–H groups in total. The van der Waals surface area contributed by atoms with Crippen LogP contribution in [-0.2, 0) is 11.3 Å². The van der Waals surface area contributed by atoms with Crippen molar-refractivity contribution in [3.8, 4) is 11.5 Å². The van der Waals surface area contributed by atoms with Gasteiger partial charge in [0.2, 0.25) is 0 Å². The Morgan fingerprint density at radius 2 is 2.03 bits per heavy atom. The second-order valence-electron chi connectivity index (χ2n) is 7.20. The molecule has 0 aliphatic carbocycles. The zero-order valence-electron chi connectivity index (χ0n) is 18.0. The van der Waals surface area contributed by atoms with Crippen LogP contribution >= 0.6 is 39.3 Å². The molecule has 1 amide bonds. The minimum Gasteiger partial charge on any atom is -0.503 e. The van der Waals surface area contributed by atoms with Gasteiger partial charge in [-0.3, -0.25) is 4.79 Å². The second-order valence-corrected chi connectivity index (χ2v) is 9.40. The first kappa shape index (κ1) is 24.1. The van der Waals surface area contributed by atoms with Gasteiger partial charge in [0.05, 0.1) is 41.1 Å². The summed E-state index contributed by atoms with van der Waals surface area (Å²) in [6.45, 7) is 0.542. The molecule has 174 valence electrons. The van der Waals surface area contributed by atoms with E-state index in [1.54, 1.807) is 12.1 Å². The van der Waals surface area contributed by atoms with Crippen LogP contribution in [-0.4, -0.2) is 39.6 Å². The Kier molecular flexibility index (Phi) is 7.77. The molecule has 0 spiro atoms. The fourth-order valence-corrected chi connectivity index (χ4v) is 4.74. The number of phenolic OH excluding ortho intramolecular Hbond substituents is 1. The molecule has 10 heteroatoms. The van der Waals surface area contributed by atoms with Crippen LogP contribution in [0.4, 0.5) is 0 Å². The average Bonchev–Trinajstić information content (AvgIpc) is 3.18. The molecule has 0 radical (unpaired) electrons. The van der Waals surface area contributed by atoms with E-state index in [4.69, 9.17) is 21.3 Å². The number of aromatic hydroxyl groups is 1. The smallest absolute Gasteiger partial charge is 0.250 e. The van der Waals surface area contributed by atoms with Crippen molar-refractivity contribution in [3.05, 3.63) is 81.3 Å². The van der Waals surface area contributed by atoms with E-state index in [1.807, 2.05) is 48.5 Å². The fraction of sp³-hybridized carbons (Fsp3) is 0.125. The molecule has 0 saturated carbocycles. The van der Waals surface area contributed by atoms with Gasteiger partial charge in [-0.05, 0) is 57.4 Å². The van der Waals surface area contributed by atoms with Crippen molar-refractivity contribution in [2.45, 2.75) is 11.7 Å². The summed E-state index contributed by atoms with van der Waals surface area (Å²) in [6.07, 6.45) is 1.47. The first-order chi connectivity index (χ1) is 16.5. The Morgan fingerprint density at radius 1 is 1.26 bits per heavy atom. The third-order valence-corrected chi connectivity index (χ3v) is 6.86. The summed E-state index contributed by atoms with van der Waals surface area (Å²) in [4.78, 5) is 17.1. The number of thioether (sulfide) groups is 1. The first-order valence-electron chi connectivity index (χ1n) is 10.2. The highest BCUT2D eigenvalue weighted by Crippen LogP contribution is 2.34. The van der Waals surface area contributed by atoms with Crippen LogP contribution in [0.1, 0.15) is 11.1 Å². The van der Waals surface area contributed by atoms with Crippen molar-refractivity contribution >= 4 is 62.4 Å². The molecule has 0 saturated heterocycles. The number of hydrogen-bond acceptors (Lipinski definition) is 6. The molecule has 0 fully saturated rings. The molecule has 0 unspecified atom stereocenters. The van der Waals surface area contributed by atoms with E-state index in [1.165, 1.54) is 25.1 Å². The predicted molar refractivity (Wildman–Crippen MR) is 139 cm³/mol. The van der Waals surface area contributed by atoms with E-state index in [9.17, 15) is 9.90 Å². The van der Waals surface area contributed by atoms with Crippen molar-refractivity contribution in [3.63, 3.8) is 0 Å². The predicted octanol–water partition coefficient (Wildman–Crippen LogP) is 5.46. The SMILES string of the molecule is COc1cc(C=NNC(=O)CSc2nc3ccccc3n2Cc2ccccc2Cl)cc(Br)c1O. The molecule has 4 aromatic rings. The lowest BCUT2D eigenvalue weighted by Crippen LogP contribution is -2.20. The van der Waals surface area contributed by atoms with Crippen LogP contribution in [0.5, 0.6) is 11.5 Å². The number of hydrogen-bond donors (Lipinski definition) is 2. The number of carbonyl (C=O) groups excluding carboxylic acids is 1. The number of nitrogens with zero attached hydrogens (tertiary/aromatic N) is 3. The van der Waals surface area contributed by atoms with Gasteiger partial charge in [0.15, 0.2) is 16.7 Å². The molecule has 0 aliphatic rings. The third-order valence-electron chi connectivity index (χ3n) is 4.91. The number of fused-ring (bicyclic) bond motifs is 1. The van der Waals surface area contributed by atoms with Gasteiger partial charge >= 0.3 is 0 Å². The molecule has 1 heterocycles.